The highest BCUT2D eigenvalue weighted by molar-refractivity contribution is 5.03. The second-order valence-corrected chi connectivity index (χ2v) is 7.19. The second-order valence-electron chi connectivity index (χ2n) is 7.19. The molecule has 3 aliphatic rings. The van der Waals surface area contributed by atoms with Gasteiger partial charge in [-0.3, -0.25) is 0 Å². The number of likely N-dealkylation sites (tertiary alicyclic amines) is 1. The van der Waals surface area contributed by atoms with Gasteiger partial charge in [0.15, 0.2) is 0 Å². The van der Waals surface area contributed by atoms with Crippen molar-refractivity contribution in [3.63, 3.8) is 0 Å². The largest absolute Gasteiger partial charge is 0.394 e. The van der Waals surface area contributed by atoms with Crippen LogP contribution < -0.4 is 5.32 Å². The fourth-order valence-corrected chi connectivity index (χ4v) is 4.23. The maximum absolute atomic E-state index is 9.81. The summed E-state index contributed by atoms with van der Waals surface area (Å²) in [4.78, 5) is 2.71. The zero-order valence-corrected chi connectivity index (χ0v) is 12.4. The fourth-order valence-electron chi connectivity index (χ4n) is 4.23. The molecule has 2 aliphatic carbocycles. The molecule has 3 rings (SSSR count). The smallest absolute Gasteiger partial charge is 0.0614 e. The van der Waals surface area contributed by atoms with Gasteiger partial charge in [0.2, 0.25) is 0 Å². The molecule has 0 aromatic heterocycles. The lowest BCUT2D eigenvalue weighted by atomic mass is 9.98. The van der Waals surface area contributed by atoms with Crippen molar-refractivity contribution >= 4 is 0 Å². The van der Waals surface area contributed by atoms with Crippen molar-refractivity contribution in [2.24, 2.45) is 5.92 Å². The standard InChI is InChI=1S/C16H30N2O/c1-2-3-13-7-9-18(11-13)15-6-8-16(10-15,12-19)17-14-4-5-14/h13-15,17,19H,2-12H2,1H3. The first kappa shape index (κ1) is 13.8. The van der Waals surface area contributed by atoms with Gasteiger partial charge in [0.05, 0.1) is 6.61 Å². The van der Waals surface area contributed by atoms with Crippen LogP contribution in [0.5, 0.6) is 0 Å². The molecule has 1 heterocycles. The van der Waals surface area contributed by atoms with Gasteiger partial charge in [-0.1, -0.05) is 13.3 Å². The number of nitrogens with one attached hydrogen (secondary N) is 1. The van der Waals surface area contributed by atoms with Gasteiger partial charge >= 0.3 is 0 Å². The van der Waals surface area contributed by atoms with Crippen LogP contribution >= 0.6 is 0 Å². The quantitative estimate of drug-likeness (QED) is 0.773. The summed E-state index contributed by atoms with van der Waals surface area (Å²) in [6.45, 7) is 5.23. The molecule has 3 heteroatoms. The monoisotopic (exact) mass is 266 g/mol. The predicted octanol–water partition coefficient (Wildman–Crippen LogP) is 2.14. The molecule has 0 radical (unpaired) electrons. The van der Waals surface area contributed by atoms with Crippen LogP contribution in [0.25, 0.3) is 0 Å². The van der Waals surface area contributed by atoms with Crippen LogP contribution in [0.15, 0.2) is 0 Å². The van der Waals surface area contributed by atoms with E-state index >= 15 is 0 Å². The van der Waals surface area contributed by atoms with E-state index in [0.29, 0.717) is 12.6 Å². The van der Waals surface area contributed by atoms with Gasteiger partial charge in [0.1, 0.15) is 0 Å². The van der Waals surface area contributed by atoms with E-state index in [9.17, 15) is 5.11 Å². The third-order valence-electron chi connectivity index (χ3n) is 5.50. The molecule has 0 bridgehead atoms. The maximum atomic E-state index is 9.81. The molecular weight excluding hydrogens is 236 g/mol. The summed E-state index contributed by atoms with van der Waals surface area (Å²) in [6, 6.07) is 1.43. The molecule has 3 unspecified atom stereocenters. The molecule has 2 N–H and O–H groups in total. The molecule has 1 saturated heterocycles. The molecule has 3 atom stereocenters. The van der Waals surface area contributed by atoms with Crippen LogP contribution in [0.3, 0.4) is 0 Å². The van der Waals surface area contributed by atoms with E-state index in [4.69, 9.17) is 0 Å². The predicted molar refractivity (Wildman–Crippen MR) is 78.2 cm³/mol. The highest BCUT2D eigenvalue weighted by atomic mass is 16.3. The molecular formula is C16H30N2O. The van der Waals surface area contributed by atoms with E-state index in [1.54, 1.807) is 0 Å². The Morgan fingerprint density at radius 1 is 1.26 bits per heavy atom. The van der Waals surface area contributed by atoms with Gasteiger partial charge < -0.3 is 15.3 Å². The van der Waals surface area contributed by atoms with Crippen LogP contribution in [-0.2, 0) is 0 Å². The minimum absolute atomic E-state index is 0.0503. The zero-order valence-electron chi connectivity index (χ0n) is 12.4. The molecule has 0 spiro atoms. The van der Waals surface area contributed by atoms with E-state index in [2.05, 4.69) is 17.1 Å². The summed E-state index contributed by atoms with van der Waals surface area (Å²) < 4.78 is 0. The minimum Gasteiger partial charge on any atom is -0.394 e. The molecule has 0 aromatic rings. The van der Waals surface area contributed by atoms with Crippen LogP contribution in [0, 0.1) is 5.92 Å². The Hall–Kier alpha value is -0.120. The molecule has 3 fully saturated rings. The molecule has 110 valence electrons. The Labute approximate surface area is 117 Å². The number of hydrogen-bond donors (Lipinski definition) is 2. The summed E-state index contributed by atoms with van der Waals surface area (Å²) in [6.07, 6.45) is 10.4. The molecule has 0 aromatic carbocycles. The summed E-state index contributed by atoms with van der Waals surface area (Å²) in [7, 11) is 0. The van der Waals surface area contributed by atoms with E-state index in [0.717, 1.165) is 12.0 Å². The van der Waals surface area contributed by atoms with Crippen molar-refractivity contribution in [1.29, 1.82) is 0 Å². The summed E-state index contributed by atoms with van der Waals surface area (Å²) >= 11 is 0. The van der Waals surface area contributed by atoms with Gasteiger partial charge in [0.25, 0.3) is 0 Å². The molecule has 0 amide bonds. The third-order valence-corrected chi connectivity index (χ3v) is 5.50. The first-order valence-electron chi connectivity index (χ1n) is 8.37. The second kappa shape index (κ2) is 5.71. The van der Waals surface area contributed by atoms with E-state index in [1.807, 2.05) is 0 Å². The first-order valence-corrected chi connectivity index (χ1v) is 8.37. The van der Waals surface area contributed by atoms with E-state index in [1.165, 1.54) is 64.5 Å². The Morgan fingerprint density at radius 3 is 2.79 bits per heavy atom. The van der Waals surface area contributed by atoms with Gasteiger partial charge in [-0.2, -0.15) is 0 Å². The number of aliphatic hydroxyl groups is 1. The average molecular weight is 266 g/mol. The van der Waals surface area contributed by atoms with Crippen molar-refractivity contribution in [2.75, 3.05) is 19.7 Å². The lowest BCUT2D eigenvalue weighted by Gasteiger charge is -2.31. The highest BCUT2D eigenvalue weighted by Crippen LogP contribution is 2.38. The van der Waals surface area contributed by atoms with Crippen molar-refractivity contribution in [3.05, 3.63) is 0 Å². The molecule has 3 nitrogen and oxygen atoms in total. The fraction of sp³-hybridized carbons (Fsp3) is 1.00. The van der Waals surface area contributed by atoms with Crippen molar-refractivity contribution in [2.45, 2.75) is 75.9 Å². The van der Waals surface area contributed by atoms with Gasteiger partial charge in [-0.15, -0.1) is 0 Å². The lowest BCUT2D eigenvalue weighted by molar-refractivity contribution is 0.147. The third kappa shape index (κ3) is 3.14. The van der Waals surface area contributed by atoms with Crippen molar-refractivity contribution in [3.8, 4) is 0 Å². The summed E-state index contributed by atoms with van der Waals surface area (Å²) in [5, 5.41) is 13.5. The number of hydrogen-bond acceptors (Lipinski definition) is 3. The average Bonchev–Trinajstić information content (AvgIpc) is 2.92. The van der Waals surface area contributed by atoms with E-state index < -0.39 is 0 Å². The normalized spacial score (nSPS) is 40.1. The Balaban J connectivity index is 1.53. The number of rotatable bonds is 6. The summed E-state index contributed by atoms with van der Waals surface area (Å²) in [5.41, 5.74) is 0.0503. The summed E-state index contributed by atoms with van der Waals surface area (Å²) in [5.74, 6) is 0.936. The Morgan fingerprint density at radius 2 is 2.11 bits per heavy atom. The Bertz CT molecular complexity index is 305. The van der Waals surface area contributed by atoms with Gasteiger partial charge in [-0.05, 0) is 57.4 Å². The zero-order chi connectivity index (χ0) is 13.3. The highest BCUT2D eigenvalue weighted by Gasteiger charge is 2.44. The van der Waals surface area contributed by atoms with Crippen LogP contribution in [0.4, 0.5) is 0 Å². The molecule has 1 aliphatic heterocycles. The van der Waals surface area contributed by atoms with Gasteiger partial charge in [0, 0.05) is 24.2 Å². The number of nitrogens with zero attached hydrogens (tertiary/aromatic N) is 1. The first-order chi connectivity index (χ1) is 9.24. The SMILES string of the molecule is CCCC1CCN(C2CCC(CO)(NC3CC3)C2)C1. The van der Waals surface area contributed by atoms with Gasteiger partial charge in [-0.25, -0.2) is 0 Å². The van der Waals surface area contributed by atoms with Crippen LogP contribution in [0.2, 0.25) is 0 Å². The Kier molecular flexibility index (Phi) is 4.16. The minimum atomic E-state index is 0.0503. The van der Waals surface area contributed by atoms with Crippen LogP contribution in [-0.4, -0.2) is 47.3 Å². The topological polar surface area (TPSA) is 35.5 Å². The lowest BCUT2D eigenvalue weighted by Crippen LogP contribution is -2.49. The molecule has 19 heavy (non-hydrogen) atoms. The van der Waals surface area contributed by atoms with Crippen molar-refractivity contribution < 1.29 is 5.11 Å². The number of aliphatic hydroxyl groups excluding tert-OH is 1. The van der Waals surface area contributed by atoms with Crippen molar-refractivity contribution in [1.82, 2.24) is 10.2 Å². The maximum Gasteiger partial charge on any atom is 0.0614 e. The van der Waals surface area contributed by atoms with Crippen LogP contribution in [0.1, 0.15) is 58.3 Å². The molecule has 2 saturated carbocycles. The van der Waals surface area contributed by atoms with E-state index in [-0.39, 0.29) is 5.54 Å².